The van der Waals surface area contributed by atoms with E-state index in [0.29, 0.717) is 12.8 Å². The topological polar surface area (TPSA) is 83.8 Å². The summed E-state index contributed by atoms with van der Waals surface area (Å²) in [6, 6.07) is 4.88. The maximum atomic E-state index is 12.4. The second-order valence-corrected chi connectivity index (χ2v) is 10.1. The first-order valence-corrected chi connectivity index (χ1v) is 10.7. The van der Waals surface area contributed by atoms with Crippen LogP contribution < -0.4 is 0 Å². The standard InChI is InChI=1S/C20H34O5S/c1-7-19(4,14-20(5,8-2)26(23,24)25-6)15(3)9-10-16-11-12-17(21)18(22)13-16/h11-13,15,21-22H,7-10,14H2,1-6H3. The molecule has 0 fully saturated rings. The lowest BCUT2D eigenvalue weighted by Crippen LogP contribution is -2.42. The highest BCUT2D eigenvalue weighted by molar-refractivity contribution is 7.88. The molecule has 2 N–H and O–H groups in total. The molecule has 0 amide bonds. The molecule has 0 aliphatic rings. The Morgan fingerprint density at radius 2 is 1.73 bits per heavy atom. The zero-order valence-corrected chi connectivity index (χ0v) is 17.7. The van der Waals surface area contributed by atoms with Crippen LogP contribution in [-0.4, -0.2) is 30.5 Å². The number of aryl methyl sites for hydroxylation is 1. The van der Waals surface area contributed by atoms with E-state index in [1.807, 2.05) is 6.92 Å². The molecule has 0 aliphatic carbocycles. The quantitative estimate of drug-likeness (QED) is 0.453. The molecule has 0 heterocycles. The van der Waals surface area contributed by atoms with Gasteiger partial charge < -0.3 is 10.2 Å². The summed E-state index contributed by atoms with van der Waals surface area (Å²) in [5.41, 5.74) is 0.795. The second kappa shape index (κ2) is 8.61. The van der Waals surface area contributed by atoms with Crippen molar-refractivity contribution in [2.24, 2.45) is 11.3 Å². The minimum atomic E-state index is -3.63. The Hall–Kier alpha value is -1.27. The molecule has 1 rings (SSSR count). The number of hydrogen-bond donors (Lipinski definition) is 2. The summed E-state index contributed by atoms with van der Waals surface area (Å²) in [5.74, 6) is 0.0446. The van der Waals surface area contributed by atoms with E-state index in [4.69, 9.17) is 4.18 Å². The first-order chi connectivity index (χ1) is 11.9. The molecule has 0 aliphatic heterocycles. The molecule has 0 radical (unpaired) electrons. The van der Waals surface area contributed by atoms with Gasteiger partial charge in [-0.2, -0.15) is 8.42 Å². The van der Waals surface area contributed by atoms with Gasteiger partial charge in [0.05, 0.1) is 11.9 Å². The molecule has 1 aromatic carbocycles. The summed E-state index contributed by atoms with van der Waals surface area (Å²) in [6.45, 7) is 10.0. The number of phenolic OH excluding ortho intramolecular Hbond substituents is 2. The van der Waals surface area contributed by atoms with E-state index in [0.717, 1.165) is 24.8 Å². The Bertz CT molecular complexity index is 700. The van der Waals surface area contributed by atoms with E-state index in [-0.39, 0.29) is 22.8 Å². The van der Waals surface area contributed by atoms with Crippen molar-refractivity contribution in [1.29, 1.82) is 0 Å². The van der Waals surface area contributed by atoms with Crippen LogP contribution in [0.3, 0.4) is 0 Å². The summed E-state index contributed by atoms with van der Waals surface area (Å²) in [5, 5.41) is 19.1. The largest absolute Gasteiger partial charge is 0.504 e. The lowest BCUT2D eigenvalue weighted by Gasteiger charge is -2.41. The van der Waals surface area contributed by atoms with Crippen LogP contribution in [0, 0.1) is 11.3 Å². The van der Waals surface area contributed by atoms with Gasteiger partial charge in [-0.1, -0.05) is 40.2 Å². The lowest BCUT2D eigenvalue weighted by atomic mass is 9.68. The molecule has 150 valence electrons. The first kappa shape index (κ1) is 22.8. The van der Waals surface area contributed by atoms with Crippen LogP contribution >= 0.6 is 0 Å². The zero-order chi connectivity index (χ0) is 20.2. The Morgan fingerprint density at radius 1 is 1.12 bits per heavy atom. The van der Waals surface area contributed by atoms with Crippen molar-refractivity contribution in [3.8, 4) is 11.5 Å². The average molecular weight is 387 g/mol. The monoisotopic (exact) mass is 386 g/mol. The summed E-state index contributed by atoms with van der Waals surface area (Å²) in [7, 11) is -2.40. The second-order valence-electron chi connectivity index (χ2n) is 7.87. The number of phenols is 2. The fraction of sp³-hybridized carbons (Fsp3) is 0.700. The molecule has 3 atom stereocenters. The fourth-order valence-corrected chi connectivity index (χ4v) is 4.81. The molecule has 3 unspecified atom stereocenters. The Balaban J connectivity index is 2.94. The van der Waals surface area contributed by atoms with Crippen molar-refractivity contribution in [3.63, 3.8) is 0 Å². The molecule has 0 bridgehead atoms. The summed E-state index contributed by atoms with van der Waals surface area (Å²) < 4.78 is 28.8. The summed E-state index contributed by atoms with van der Waals surface area (Å²) in [4.78, 5) is 0. The van der Waals surface area contributed by atoms with Gasteiger partial charge in [-0.3, -0.25) is 4.18 Å². The molecule has 0 saturated carbocycles. The van der Waals surface area contributed by atoms with Gasteiger partial charge in [0.2, 0.25) is 0 Å². The Labute approximate surface area is 158 Å². The third-order valence-corrected chi connectivity index (χ3v) is 8.33. The number of aromatic hydroxyl groups is 2. The molecular weight excluding hydrogens is 352 g/mol. The van der Waals surface area contributed by atoms with Crippen molar-refractivity contribution in [2.45, 2.75) is 71.5 Å². The highest BCUT2D eigenvalue weighted by atomic mass is 32.2. The highest BCUT2D eigenvalue weighted by Gasteiger charge is 2.45. The number of rotatable bonds is 10. The van der Waals surface area contributed by atoms with Gasteiger partial charge in [-0.25, -0.2) is 0 Å². The highest BCUT2D eigenvalue weighted by Crippen LogP contribution is 2.45. The Morgan fingerprint density at radius 3 is 2.19 bits per heavy atom. The van der Waals surface area contributed by atoms with Crippen LogP contribution in [0.1, 0.15) is 65.9 Å². The normalized spacial score (nSPS) is 18.1. The van der Waals surface area contributed by atoms with Crippen molar-refractivity contribution in [1.82, 2.24) is 0 Å². The van der Waals surface area contributed by atoms with Gasteiger partial charge in [-0.15, -0.1) is 0 Å². The maximum absolute atomic E-state index is 12.4. The van der Waals surface area contributed by atoms with Gasteiger partial charge in [0.1, 0.15) is 0 Å². The van der Waals surface area contributed by atoms with Crippen molar-refractivity contribution >= 4 is 10.1 Å². The van der Waals surface area contributed by atoms with Crippen LogP contribution in [0.15, 0.2) is 18.2 Å². The molecule has 5 nitrogen and oxygen atoms in total. The molecule has 6 heteroatoms. The van der Waals surface area contributed by atoms with Crippen LogP contribution in [0.25, 0.3) is 0 Å². The molecule has 0 saturated heterocycles. The zero-order valence-electron chi connectivity index (χ0n) is 16.9. The predicted molar refractivity (Wildman–Crippen MR) is 105 cm³/mol. The van der Waals surface area contributed by atoms with Crippen molar-refractivity contribution < 1.29 is 22.8 Å². The summed E-state index contributed by atoms with van der Waals surface area (Å²) >= 11 is 0. The van der Waals surface area contributed by atoms with Crippen LogP contribution in [0.4, 0.5) is 0 Å². The van der Waals surface area contributed by atoms with Gasteiger partial charge in [0, 0.05) is 0 Å². The molecule has 0 aromatic heterocycles. The summed E-state index contributed by atoms with van der Waals surface area (Å²) in [6.07, 6.45) is 3.51. The third kappa shape index (κ3) is 4.92. The van der Waals surface area contributed by atoms with Gasteiger partial charge in [0.15, 0.2) is 11.5 Å². The minimum Gasteiger partial charge on any atom is -0.504 e. The lowest BCUT2D eigenvalue weighted by molar-refractivity contribution is 0.140. The van der Waals surface area contributed by atoms with E-state index < -0.39 is 14.9 Å². The van der Waals surface area contributed by atoms with Crippen LogP contribution in [-0.2, 0) is 20.7 Å². The van der Waals surface area contributed by atoms with E-state index in [9.17, 15) is 18.6 Å². The van der Waals surface area contributed by atoms with E-state index in [1.165, 1.54) is 13.2 Å². The molecule has 26 heavy (non-hydrogen) atoms. The van der Waals surface area contributed by atoms with Gasteiger partial charge in [-0.05, 0) is 61.6 Å². The van der Waals surface area contributed by atoms with Gasteiger partial charge in [0.25, 0.3) is 10.1 Å². The fourth-order valence-electron chi connectivity index (χ4n) is 3.55. The first-order valence-electron chi connectivity index (χ1n) is 9.25. The molecule has 0 spiro atoms. The maximum Gasteiger partial charge on any atom is 0.272 e. The van der Waals surface area contributed by atoms with E-state index >= 15 is 0 Å². The smallest absolute Gasteiger partial charge is 0.272 e. The Kier molecular flexibility index (Phi) is 7.54. The van der Waals surface area contributed by atoms with E-state index in [1.54, 1.807) is 19.1 Å². The predicted octanol–water partition coefficient (Wildman–Crippen LogP) is 4.62. The number of benzene rings is 1. The molecular formula is C20H34O5S. The average Bonchev–Trinajstić information content (AvgIpc) is 2.61. The van der Waals surface area contributed by atoms with Crippen LogP contribution in [0.2, 0.25) is 0 Å². The number of hydrogen-bond acceptors (Lipinski definition) is 5. The SMILES string of the molecule is CCC(C)(CC(C)(CC)S(=O)(=O)OC)C(C)CCc1ccc(O)c(O)c1. The van der Waals surface area contributed by atoms with Crippen LogP contribution in [0.5, 0.6) is 11.5 Å². The van der Waals surface area contributed by atoms with Crippen molar-refractivity contribution in [2.75, 3.05) is 7.11 Å². The minimum absolute atomic E-state index is 0.113. The van der Waals surface area contributed by atoms with E-state index in [2.05, 4.69) is 20.8 Å². The molecule has 1 aromatic rings. The van der Waals surface area contributed by atoms with Crippen molar-refractivity contribution in [3.05, 3.63) is 23.8 Å². The van der Waals surface area contributed by atoms with Gasteiger partial charge >= 0.3 is 0 Å². The third-order valence-electron chi connectivity index (χ3n) is 6.25.